The third-order valence-electron chi connectivity index (χ3n) is 5.10. The minimum absolute atomic E-state index is 0.423. The molecule has 2 rings (SSSR count). The maximum Gasteiger partial charge on any atom is 0.0904 e. The number of hydrogen-bond acceptors (Lipinski definition) is 2. The van der Waals surface area contributed by atoms with Gasteiger partial charge in [0.1, 0.15) is 0 Å². The van der Waals surface area contributed by atoms with E-state index in [1.807, 2.05) is 0 Å². The molecule has 0 aromatic carbocycles. The Labute approximate surface area is 115 Å². The summed E-state index contributed by atoms with van der Waals surface area (Å²) in [6.07, 6.45) is 5.40. The quantitative estimate of drug-likeness (QED) is 0.827. The van der Waals surface area contributed by atoms with E-state index in [9.17, 15) is 5.11 Å². The van der Waals surface area contributed by atoms with Gasteiger partial charge in [-0.15, -0.1) is 11.3 Å². The van der Waals surface area contributed by atoms with E-state index in [-0.39, 0.29) is 0 Å². The highest BCUT2D eigenvalue weighted by Crippen LogP contribution is 2.47. The van der Waals surface area contributed by atoms with E-state index in [1.54, 1.807) is 11.3 Å². The molecule has 0 saturated heterocycles. The van der Waals surface area contributed by atoms with Gasteiger partial charge in [-0.25, -0.2) is 0 Å². The van der Waals surface area contributed by atoms with Crippen LogP contribution in [0.4, 0.5) is 0 Å². The number of rotatable bonds is 3. The van der Waals surface area contributed by atoms with E-state index in [2.05, 4.69) is 39.1 Å². The lowest BCUT2D eigenvalue weighted by Gasteiger charge is -2.42. The van der Waals surface area contributed by atoms with Crippen molar-refractivity contribution >= 4 is 11.3 Å². The predicted molar refractivity (Wildman–Crippen MR) is 79.0 cm³/mol. The molecule has 0 bridgehead atoms. The summed E-state index contributed by atoms with van der Waals surface area (Å²) in [7, 11) is 0. The van der Waals surface area contributed by atoms with Gasteiger partial charge in [0, 0.05) is 4.88 Å². The smallest absolute Gasteiger partial charge is 0.0904 e. The van der Waals surface area contributed by atoms with Gasteiger partial charge in [-0.1, -0.05) is 27.2 Å². The van der Waals surface area contributed by atoms with Crippen molar-refractivity contribution in [2.45, 2.75) is 65.4 Å². The summed E-state index contributed by atoms with van der Waals surface area (Å²) in [5.41, 5.74) is 1.02. The van der Waals surface area contributed by atoms with Crippen LogP contribution in [0.15, 0.2) is 11.4 Å². The highest BCUT2D eigenvalue weighted by Gasteiger charge is 2.39. The largest absolute Gasteiger partial charge is 0.385 e. The molecule has 18 heavy (non-hydrogen) atoms. The Morgan fingerprint density at radius 3 is 2.44 bits per heavy atom. The van der Waals surface area contributed by atoms with Crippen molar-refractivity contribution < 1.29 is 5.11 Å². The van der Waals surface area contributed by atoms with E-state index in [0.29, 0.717) is 5.41 Å². The average molecular weight is 266 g/mol. The average Bonchev–Trinajstić information content (AvgIpc) is 2.77. The molecule has 0 atom stereocenters. The summed E-state index contributed by atoms with van der Waals surface area (Å²) in [5.74, 6) is 0.766. The highest BCUT2D eigenvalue weighted by molar-refractivity contribution is 7.10. The van der Waals surface area contributed by atoms with Crippen molar-refractivity contribution in [1.82, 2.24) is 0 Å². The lowest BCUT2D eigenvalue weighted by molar-refractivity contribution is -0.0325. The fraction of sp³-hybridized carbons (Fsp3) is 0.750. The standard InChI is InChI=1S/C16H26OS/c1-5-15(3,4)13-6-8-16(17,9-7-13)14-10-12(2)18-11-14/h10-11,13,17H,5-9H2,1-4H3. The van der Waals surface area contributed by atoms with Crippen LogP contribution in [0.5, 0.6) is 0 Å². The van der Waals surface area contributed by atoms with Gasteiger partial charge in [-0.3, -0.25) is 0 Å². The second kappa shape index (κ2) is 4.97. The minimum Gasteiger partial charge on any atom is -0.385 e. The van der Waals surface area contributed by atoms with Crippen LogP contribution in [-0.2, 0) is 5.60 Å². The van der Waals surface area contributed by atoms with Crippen LogP contribution in [0, 0.1) is 18.3 Å². The predicted octanol–water partition coefficient (Wildman–Crippen LogP) is 4.87. The molecule has 0 amide bonds. The molecule has 1 aromatic heterocycles. The molecule has 1 nitrogen and oxygen atoms in total. The molecule has 102 valence electrons. The monoisotopic (exact) mass is 266 g/mol. The molecule has 1 aliphatic carbocycles. The highest BCUT2D eigenvalue weighted by atomic mass is 32.1. The van der Waals surface area contributed by atoms with Crippen LogP contribution in [-0.4, -0.2) is 5.11 Å². The SMILES string of the molecule is CCC(C)(C)C1CCC(O)(c2csc(C)c2)CC1. The van der Waals surface area contributed by atoms with Crippen molar-refractivity contribution in [2.24, 2.45) is 11.3 Å². The van der Waals surface area contributed by atoms with Gasteiger partial charge in [0.25, 0.3) is 0 Å². The maximum absolute atomic E-state index is 10.8. The zero-order valence-electron chi connectivity index (χ0n) is 12.1. The van der Waals surface area contributed by atoms with Gasteiger partial charge in [-0.2, -0.15) is 0 Å². The van der Waals surface area contributed by atoms with E-state index < -0.39 is 5.60 Å². The van der Waals surface area contributed by atoms with Crippen molar-refractivity contribution in [2.75, 3.05) is 0 Å². The first-order valence-electron chi connectivity index (χ1n) is 7.15. The minimum atomic E-state index is -0.551. The van der Waals surface area contributed by atoms with Gasteiger partial charge in [-0.05, 0) is 60.9 Å². The lowest BCUT2D eigenvalue weighted by Crippen LogP contribution is -2.36. The van der Waals surface area contributed by atoms with E-state index in [0.717, 1.165) is 37.2 Å². The fourth-order valence-corrected chi connectivity index (χ4v) is 3.94. The molecular formula is C16H26OS. The summed E-state index contributed by atoms with van der Waals surface area (Å²) < 4.78 is 0. The Balaban J connectivity index is 2.06. The third-order valence-corrected chi connectivity index (χ3v) is 5.96. The first-order chi connectivity index (χ1) is 8.37. The third kappa shape index (κ3) is 2.65. The molecular weight excluding hydrogens is 240 g/mol. The zero-order valence-corrected chi connectivity index (χ0v) is 12.9. The number of aliphatic hydroxyl groups is 1. The van der Waals surface area contributed by atoms with E-state index in [4.69, 9.17) is 0 Å². The fourth-order valence-electron chi connectivity index (χ4n) is 3.14. The summed E-state index contributed by atoms with van der Waals surface area (Å²) in [5, 5.41) is 13.0. The molecule has 1 aromatic rings. The summed E-state index contributed by atoms with van der Waals surface area (Å²) in [4.78, 5) is 1.30. The molecule has 0 radical (unpaired) electrons. The van der Waals surface area contributed by atoms with Crippen LogP contribution in [0.3, 0.4) is 0 Å². The van der Waals surface area contributed by atoms with E-state index in [1.165, 1.54) is 11.3 Å². The summed E-state index contributed by atoms with van der Waals surface area (Å²) in [6.45, 7) is 9.14. The Morgan fingerprint density at radius 1 is 1.39 bits per heavy atom. The lowest BCUT2D eigenvalue weighted by atomic mass is 9.65. The Hall–Kier alpha value is -0.340. The van der Waals surface area contributed by atoms with Gasteiger partial charge < -0.3 is 5.11 Å². The number of aryl methyl sites for hydroxylation is 1. The van der Waals surface area contributed by atoms with Crippen LogP contribution in [0.25, 0.3) is 0 Å². The van der Waals surface area contributed by atoms with Crippen LogP contribution < -0.4 is 0 Å². The van der Waals surface area contributed by atoms with Crippen molar-refractivity contribution in [1.29, 1.82) is 0 Å². The zero-order chi connectivity index (χ0) is 13.4. The van der Waals surface area contributed by atoms with Gasteiger partial charge in [0.2, 0.25) is 0 Å². The molecule has 2 heteroatoms. The number of thiophene rings is 1. The molecule has 1 fully saturated rings. The van der Waals surface area contributed by atoms with Crippen molar-refractivity contribution in [3.63, 3.8) is 0 Å². The topological polar surface area (TPSA) is 20.2 Å². The van der Waals surface area contributed by atoms with E-state index >= 15 is 0 Å². The molecule has 1 heterocycles. The molecule has 0 spiro atoms. The molecule has 1 saturated carbocycles. The normalized spacial score (nSPS) is 29.5. The second-order valence-electron chi connectivity index (χ2n) is 6.59. The first-order valence-corrected chi connectivity index (χ1v) is 8.03. The van der Waals surface area contributed by atoms with Crippen LogP contribution in [0.1, 0.15) is 63.3 Å². The van der Waals surface area contributed by atoms with Gasteiger partial charge >= 0.3 is 0 Å². The Kier molecular flexibility index (Phi) is 3.89. The van der Waals surface area contributed by atoms with Crippen LogP contribution in [0.2, 0.25) is 0 Å². The molecule has 0 aliphatic heterocycles. The maximum atomic E-state index is 10.8. The summed E-state index contributed by atoms with van der Waals surface area (Å²) in [6, 6.07) is 2.16. The number of hydrogen-bond donors (Lipinski definition) is 1. The van der Waals surface area contributed by atoms with Crippen molar-refractivity contribution in [3.8, 4) is 0 Å². The van der Waals surface area contributed by atoms with Gasteiger partial charge in [0.05, 0.1) is 5.60 Å². The summed E-state index contributed by atoms with van der Waals surface area (Å²) >= 11 is 1.75. The first kappa shape index (κ1) is 14.1. The molecule has 1 aliphatic rings. The molecule has 0 unspecified atom stereocenters. The van der Waals surface area contributed by atoms with Gasteiger partial charge in [0.15, 0.2) is 0 Å². The Morgan fingerprint density at radius 2 is 2.00 bits per heavy atom. The Bertz CT molecular complexity index is 397. The van der Waals surface area contributed by atoms with Crippen molar-refractivity contribution in [3.05, 3.63) is 21.9 Å². The molecule has 1 N–H and O–H groups in total. The second-order valence-corrected chi connectivity index (χ2v) is 7.71. The van der Waals surface area contributed by atoms with Crippen LogP contribution >= 0.6 is 11.3 Å².